The Bertz CT molecular complexity index is 1270. The second kappa shape index (κ2) is 9.31. The normalized spacial score (nSPS) is 15.2. The third kappa shape index (κ3) is 4.68. The highest BCUT2D eigenvalue weighted by Crippen LogP contribution is 2.37. The van der Waals surface area contributed by atoms with Crippen LogP contribution in [0.3, 0.4) is 0 Å². The largest absolute Gasteiger partial charge is 0.483 e. The van der Waals surface area contributed by atoms with Gasteiger partial charge in [-0.05, 0) is 44.0 Å². The smallest absolute Gasteiger partial charge is 0.262 e. The van der Waals surface area contributed by atoms with Crippen LogP contribution in [0, 0.1) is 0 Å². The minimum atomic E-state index is -3.76. The Morgan fingerprint density at radius 3 is 2.38 bits per heavy atom. The first-order chi connectivity index (χ1) is 16.2. The van der Waals surface area contributed by atoms with Crippen molar-refractivity contribution in [2.24, 2.45) is 5.73 Å². The Hall–Kier alpha value is -3.64. The van der Waals surface area contributed by atoms with Gasteiger partial charge in [0.2, 0.25) is 16.8 Å². The number of hydrogen-bond donors (Lipinski definition) is 2. The number of Topliss-reactive ketones (excluding diaryl/α,β-unsaturated/α-hetero) is 1. The van der Waals surface area contributed by atoms with Crippen molar-refractivity contribution in [1.29, 1.82) is 0 Å². The van der Waals surface area contributed by atoms with Gasteiger partial charge < -0.3 is 25.3 Å². The van der Waals surface area contributed by atoms with Crippen molar-refractivity contribution in [3.8, 4) is 17.2 Å². The molecule has 0 aromatic heterocycles. The molecule has 2 heterocycles. The quantitative estimate of drug-likeness (QED) is 0.529. The number of nitrogens with one attached hydrogen (secondary N) is 1. The van der Waals surface area contributed by atoms with Gasteiger partial charge in [-0.15, -0.1) is 0 Å². The third-order valence-electron chi connectivity index (χ3n) is 5.44. The number of rotatable bonds is 8. The van der Waals surface area contributed by atoms with E-state index in [9.17, 15) is 22.8 Å². The highest BCUT2D eigenvalue weighted by atomic mass is 32.2. The van der Waals surface area contributed by atoms with E-state index in [0.29, 0.717) is 24.6 Å². The van der Waals surface area contributed by atoms with Crippen LogP contribution in [0.25, 0.3) is 0 Å². The molecule has 1 fully saturated rings. The van der Waals surface area contributed by atoms with Gasteiger partial charge in [-0.2, -0.15) is 4.31 Å². The van der Waals surface area contributed by atoms with Crippen LogP contribution in [0.4, 0.5) is 5.69 Å². The van der Waals surface area contributed by atoms with Crippen LogP contribution < -0.4 is 25.3 Å². The molecule has 2 aromatic carbocycles. The zero-order valence-electron chi connectivity index (χ0n) is 18.3. The molecule has 2 aliphatic heterocycles. The predicted octanol–water partition coefficient (Wildman–Crippen LogP) is 1.52. The number of carbonyl (C=O) groups excluding carboxylic acids is 3. The summed E-state index contributed by atoms with van der Waals surface area (Å²) in [5, 5.41) is 2.57. The van der Waals surface area contributed by atoms with Gasteiger partial charge in [0.25, 0.3) is 11.8 Å². The van der Waals surface area contributed by atoms with Gasteiger partial charge in [-0.3, -0.25) is 14.4 Å². The molecule has 2 amide bonds. The first-order valence-corrected chi connectivity index (χ1v) is 11.9. The predicted molar refractivity (Wildman–Crippen MR) is 120 cm³/mol. The van der Waals surface area contributed by atoms with Gasteiger partial charge >= 0.3 is 0 Å². The molecule has 2 aromatic rings. The minimum absolute atomic E-state index is 0.00651. The lowest BCUT2D eigenvalue weighted by molar-refractivity contribution is -0.118. The number of ether oxygens (including phenoxy) is 3. The van der Waals surface area contributed by atoms with Crippen molar-refractivity contribution in [1.82, 2.24) is 4.31 Å². The molecule has 12 heteroatoms. The van der Waals surface area contributed by atoms with E-state index in [4.69, 9.17) is 19.9 Å². The van der Waals surface area contributed by atoms with Crippen LogP contribution in [0.1, 0.15) is 40.5 Å². The average Bonchev–Trinajstić information content (AvgIpc) is 3.49. The highest BCUT2D eigenvalue weighted by molar-refractivity contribution is 7.89. The van der Waals surface area contributed by atoms with Gasteiger partial charge in [-0.25, -0.2) is 8.42 Å². The number of fused-ring (bicyclic) bond motifs is 1. The van der Waals surface area contributed by atoms with E-state index in [0.717, 1.165) is 18.9 Å². The molecule has 3 N–H and O–H groups in total. The Kier molecular flexibility index (Phi) is 6.44. The molecule has 11 nitrogen and oxygen atoms in total. The van der Waals surface area contributed by atoms with Crippen molar-refractivity contribution in [3.63, 3.8) is 0 Å². The number of amides is 2. The number of nitrogens with zero attached hydrogens (tertiary/aromatic N) is 1. The van der Waals surface area contributed by atoms with Gasteiger partial charge in [0.05, 0.1) is 16.1 Å². The Balaban J connectivity index is 1.50. The Morgan fingerprint density at radius 1 is 1.06 bits per heavy atom. The summed E-state index contributed by atoms with van der Waals surface area (Å²) < 4.78 is 42.9. The monoisotopic (exact) mass is 489 g/mol. The molecular weight excluding hydrogens is 466 g/mol. The van der Waals surface area contributed by atoms with E-state index in [2.05, 4.69) is 5.32 Å². The molecule has 2 aliphatic rings. The fourth-order valence-electron chi connectivity index (χ4n) is 3.73. The number of hydrogen-bond acceptors (Lipinski definition) is 8. The number of primary amides is 1. The van der Waals surface area contributed by atoms with Crippen LogP contribution in [-0.4, -0.2) is 56.8 Å². The maximum Gasteiger partial charge on any atom is 0.262 e. The van der Waals surface area contributed by atoms with E-state index in [-0.39, 0.29) is 40.0 Å². The van der Waals surface area contributed by atoms with Gasteiger partial charge in [0.15, 0.2) is 23.9 Å². The number of sulfonamides is 1. The summed E-state index contributed by atoms with van der Waals surface area (Å²) in [5.74, 6) is -1.07. The highest BCUT2D eigenvalue weighted by Gasteiger charge is 2.28. The molecule has 0 bridgehead atoms. The lowest BCUT2D eigenvalue weighted by atomic mass is 10.1. The summed E-state index contributed by atoms with van der Waals surface area (Å²) in [6.07, 6.45) is 1.54. The maximum absolute atomic E-state index is 12.8. The average molecular weight is 490 g/mol. The topological polar surface area (TPSA) is 154 Å². The van der Waals surface area contributed by atoms with Crippen LogP contribution in [0.15, 0.2) is 35.2 Å². The van der Waals surface area contributed by atoms with Gasteiger partial charge in [-0.1, -0.05) is 0 Å². The standard InChI is InChI=1S/C22H23N3O8S/c1-13(26)15-9-19-20(33-12-32-19)10-17(15)24-21(27)11-31-18-5-4-14(8-16(18)22(23)28)34(29,30)25-6-2-3-7-25/h4-5,8-10H,2-3,6-7,11-12H2,1H3,(H2,23,28)(H,24,27). The number of benzene rings is 2. The Morgan fingerprint density at radius 2 is 1.74 bits per heavy atom. The van der Waals surface area contributed by atoms with Gasteiger partial charge in [0, 0.05) is 24.7 Å². The van der Waals surface area contributed by atoms with Gasteiger partial charge in [0.1, 0.15) is 5.75 Å². The fourth-order valence-corrected chi connectivity index (χ4v) is 5.28. The number of anilines is 1. The lowest BCUT2D eigenvalue weighted by Gasteiger charge is -2.17. The minimum Gasteiger partial charge on any atom is -0.483 e. The molecule has 0 radical (unpaired) electrons. The van der Waals surface area contributed by atoms with E-state index < -0.39 is 28.4 Å². The van der Waals surface area contributed by atoms with Crippen molar-refractivity contribution in [2.75, 3.05) is 31.8 Å². The molecule has 4 rings (SSSR count). The van der Waals surface area contributed by atoms with E-state index in [1.54, 1.807) is 0 Å². The van der Waals surface area contributed by atoms with Crippen molar-refractivity contribution < 1.29 is 37.0 Å². The number of nitrogens with two attached hydrogens (primary N) is 1. The van der Waals surface area contributed by atoms with E-state index in [1.165, 1.54) is 35.5 Å². The van der Waals surface area contributed by atoms with Crippen LogP contribution >= 0.6 is 0 Å². The van der Waals surface area contributed by atoms with Crippen LogP contribution in [0.2, 0.25) is 0 Å². The van der Waals surface area contributed by atoms with Crippen molar-refractivity contribution in [2.45, 2.75) is 24.7 Å². The van der Waals surface area contributed by atoms with Crippen LogP contribution in [-0.2, 0) is 14.8 Å². The first-order valence-electron chi connectivity index (χ1n) is 10.5. The summed E-state index contributed by atoms with van der Waals surface area (Å²) >= 11 is 0. The number of ketones is 1. The molecule has 0 saturated carbocycles. The first kappa shape index (κ1) is 23.5. The molecular formula is C22H23N3O8S. The second-order valence-corrected chi connectivity index (χ2v) is 9.72. The molecule has 1 saturated heterocycles. The zero-order chi connectivity index (χ0) is 24.5. The third-order valence-corrected chi connectivity index (χ3v) is 7.34. The SMILES string of the molecule is CC(=O)c1cc2c(cc1NC(=O)COc1ccc(S(=O)(=O)N3CCCC3)cc1C(N)=O)OCO2. The van der Waals surface area contributed by atoms with Crippen molar-refractivity contribution in [3.05, 3.63) is 41.5 Å². The Labute approximate surface area is 195 Å². The maximum atomic E-state index is 12.8. The zero-order valence-corrected chi connectivity index (χ0v) is 19.1. The molecule has 34 heavy (non-hydrogen) atoms. The van der Waals surface area contributed by atoms with Crippen molar-refractivity contribution >= 4 is 33.3 Å². The summed E-state index contributed by atoms with van der Waals surface area (Å²) in [4.78, 5) is 36.4. The molecule has 180 valence electrons. The van der Waals surface area contributed by atoms with E-state index >= 15 is 0 Å². The molecule has 0 unspecified atom stereocenters. The summed E-state index contributed by atoms with van der Waals surface area (Å²) in [5.41, 5.74) is 5.70. The molecule has 0 atom stereocenters. The van der Waals surface area contributed by atoms with E-state index in [1.807, 2.05) is 0 Å². The lowest BCUT2D eigenvalue weighted by Crippen LogP contribution is -2.28. The van der Waals surface area contributed by atoms with Crippen LogP contribution in [0.5, 0.6) is 17.2 Å². The molecule has 0 aliphatic carbocycles. The fraction of sp³-hybridized carbons (Fsp3) is 0.318. The number of carbonyl (C=O) groups is 3. The molecule has 0 spiro atoms. The second-order valence-electron chi connectivity index (χ2n) is 7.78. The summed E-state index contributed by atoms with van der Waals surface area (Å²) in [7, 11) is -3.76. The summed E-state index contributed by atoms with van der Waals surface area (Å²) in [6, 6.07) is 6.70. The summed E-state index contributed by atoms with van der Waals surface area (Å²) in [6.45, 7) is 1.65.